The Morgan fingerprint density at radius 2 is 2.00 bits per heavy atom. The lowest BCUT2D eigenvalue weighted by Gasteiger charge is -2.21. The highest BCUT2D eigenvalue weighted by Gasteiger charge is 2.23. The van der Waals surface area contributed by atoms with Crippen LogP contribution >= 0.6 is 0 Å². The summed E-state index contributed by atoms with van der Waals surface area (Å²) in [7, 11) is 0. The second-order valence-corrected chi connectivity index (χ2v) is 5.00. The van der Waals surface area contributed by atoms with Crippen LogP contribution in [0.5, 0.6) is 0 Å². The van der Waals surface area contributed by atoms with E-state index >= 15 is 0 Å². The van der Waals surface area contributed by atoms with Crippen LogP contribution in [-0.2, 0) is 12.8 Å². The fourth-order valence-electron chi connectivity index (χ4n) is 2.81. The third kappa shape index (κ3) is 2.65. The fourth-order valence-corrected chi connectivity index (χ4v) is 2.81. The van der Waals surface area contributed by atoms with E-state index in [4.69, 9.17) is 0 Å². The molecule has 3 heteroatoms. The molecule has 0 saturated heterocycles. The van der Waals surface area contributed by atoms with Gasteiger partial charge < -0.3 is 5.11 Å². The van der Waals surface area contributed by atoms with Gasteiger partial charge in [-0.05, 0) is 44.6 Å². The highest BCUT2D eigenvalue weighted by atomic mass is 16.3. The van der Waals surface area contributed by atoms with Crippen molar-refractivity contribution in [2.75, 3.05) is 0 Å². The van der Waals surface area contributed by atoms with E-state index in [0.29, 0.717) is 0 Å². The highest BCUT2D eigenvalue weighted by molar-refractivity contribution is 5.29. The predicted octanol–water partition coefficient (Wildman–Crippen LogP) is 2.62. The number of rotatable bonds is 3. The summed E-state index contributed by atoms with van der Waals surface area (Å²) in [4.78, 5) is 8.88. The molecule has 0 aliphatic heterocycles. The van der Waals surface area contributed by atoms with E-state index in [2.05, 4.69) is 16.9 Å². The Morgan fingerprint density at radius 1 is 1.24 bits per heavy atom. The molecule has 0 radical (unpaired) electrons. The zero-order valence-corrected chi connectivity index (χ0v) is 10.8. The fraction of sp³-hybridized carbons (Fsp3) is 0.714. The Morgan fingerprint density at radius 3 is 2.71 bits per heavy atom. The van der Waals surface area contributed by atoms with Crippen LogP contribution in [0.2, 0.25) is 0 Å². The van der Waals surface area contributed by atoms with Crippen molar-refractivity contribution in [2.45, 2.75) is 64.4 Å². The van der Waals surface area contributed by atoms with Gasteiger partial charge in [0.05, 0.1) is 11.8 Å². The second-order valence-electron chi connectivity index (χ2n) is 5.00. The van der Waals surface area contributed by atoms with E-state index < -0.39 is 0 Å². The molecule has 3 nitrogen and oxygen atoms in total. The molecule has 0 fully saturated rings. The minimum Gasteiger partial charge on any atom is -0.393 e. The maximum atomic E-state index is 9.88. The summed E-state index contributed by atoms with van der Waals surface area (Å²) < 4.78 is 0. The van der Waals surface area contributed by atoms with Gasteiger partial charge in [0.2, 0.25) is 0 Å². The third-order valence-electron chi connectivity index (χ3n) is 3.78. The molecule has 1 aromatic rings. The van der Waals surface area contributed by atoms with Gasteiger partial charge in [-0.25, -0.2) is 9.97 Å². The van der Waals surface area contributed by atoms with Crippen molar-refractivity contribution < 1.29 is 5.11 Å². The van der Waals surface area contributed by atoms with Crippen molar-refractivity contribution >= 4 is 0 Å². The Kier molecular flexibility index (Phi) is 4.11. The number of aromatic nitrogens is 2. The number of nitrogens with zero attached hydrogens (tertiary/aromatic N) is 2. The smallest absolute Gasteiger partial charge is 0.115 e. The second kappa shape index (κ2) is 5.58. The van der Waals surface area contributed by atoms with E-state index in [1.54, 1.807) is 6.33 Å². The molecular weight excluding hydrogens is 212 g/mol. The molecule has 0 aromatic carbocycles. The Labute approximate surface area is 103 Å². The molecule has 1 aromatic heterocycles. The maximum Gasteiger partial charge on any atom is 0.115 e. The summed E-state index contributed by atoms with van der Waals surface area (Å²) in [5.74, 6) is 0.157. The molecule has 0 bridgehead atoms. The normalized spacial score (nSPS) is 19.2. The summed E-state index contributed by atoms with van der Waals surface area (Å²) in [6, 6.07) is 0. The molecule has 2 atom stereocenters. The van der Waals surface area contributed by atoms with Crippen LogP contribution in [0.4, 0.5) is 0 Å². The van der Waals surface area contributed by atoms with Gasteiger partial charge in [0.15, 0.2) is 0 Å². The van der Waals surface area contributed by atoms with Gasteiger partial charge in [-0.1, -0.05) is 13.3 Å². The van der Waals surface area contributed by atoms with Crippen molar-refractivity contribution in [1.82, 2.24) is 9.97 Å². The number of aliphatic hydroxyl groups excluding tert-OH is 1. The number of aryl methyl sites for hydroxylation is 1. The molecule has 2 unspecified atom stereocenters. The van der Waals surface area contributed by atoms with E-state index in [0.717, 1.165) is 25.0 Å². The van der Waals surface area contributed by atoms with Crippen LogP contribution in [0.25, 0.3) is 0 Å². The van der Waals surface area contributed by atoms with Gasteiger partial charge in [-0.3, -0.25) is 0 Å². The maximum absolute atomic E-state index is 9.88. The first kappa shape index (κ1) is 12.5. The minimum atomic E-state index is -0.331. The van der Waals surface area contributed by atoms with Crippen LogP contribution in [-0.4, -0.2) is 21.2 Å². The van der Waals surface area contributed by atoms with Crippen LogP contribution in [0.1, 0.15) is 62.4 Å². The molecule has 1 aliphatic carbocycles. The highest BCUT2D eigenvalue weighted by Crippen LogP contribution is 2.29. The summed E-state index contributed by atoms with van der Waals surface area (Å²) >= 11 is 0. The Bertz CT molecular complexity index is 376. The molecule has 0 amide bonds. The molecule has 0 spiro atoms. The standard InChI is InChI=1S/C14H22N2O/c1-3-11(10(2)17)14-12-7-5-4-6-8-13(12)15-9-16-14/h9-11,17H,3-8H2,1-2H3. The van der Waals surface area contributed by atoms with Crippen molar-refractivity contribution in [3.63, 3.8) is 0 Å². The van der Waals surface area contributed by atoms with E-state index in [1.807, 2.05) is 6.92 Å². The van der Waals surface area contributed by atoms with Gasteiger partial charge >= 0.3 is 0 Å². The van der Waals surface area contributed by atoms with Gasteiger partial charge in [0, 0.05) is 11.6 Å². The third-order valence-corrected chi connectivity index (χ3v) is 3.78. The molecule has 1 aliphatic rings. The van der Waals surface area contributed by atoms with Crippen molar-refractivity contribution in [2.24, 2.45) is 0 Å². The molecule has 94 valence electrons. The SMILES string of the molecule is CCC(c1ncnc2c1CCCCC2)C(C)O. The lowest BCUT2D eigenvalue weighted by Crippen LogP contribution is -2.18. The monoisotopic (exact) mass is 234 g/mol. The predicted molar refractivity (Wildman–Crippen MR) is 68.0 cm³/mol. The van der Waals surface area contributed by atoms with E-state index in [9.17, 15) is 5.11 Å². The lowest BCUT2D eigenvalue weighted by atomic mass is 9.91. The van der Waals surface area contributed by atoms with Gasteiger partial charge in [0.1, 0.15) is 6.33 Å². The van der Waals surface area contributed by atoms with Crippen molar-refractivity contribution in [3.05, 3.63) is 23.3 Å². The molecule has 17 heavy (non-hydrogen) atoms. The molecule has 0 saturated carbocycles. The largest absolute Gasteiger partial charge is 0.393 e. The molecule has 1 heterocycles. The molecule has 1 N–H and O–H groups in total. The van der Waals surface area contributed by atoms with Crippen LogP contribution < -0.4 is 0 Å². The van der Waals surface area contributed by atoms with Crippen LogP contribution in [0.15, 0.2) is 6.33 Å². The Hall–Kier alpha value is -0.960. The molecule has 2 rings (SSSR count). The van der Waals surface area contributed by atoms with Crippen LogP contribution in [0.3, 0.4) is 0 Å². The lowest BCUT2D eigenvalue weighted by molar-refractivity contribution is 0.157. The number of hydrogen-bond donors (Lipinski definition) is 1. The van der Waals surface area contributed by atoms with E-state index in [-0.39, 0.29) is 12.0 Å². The average Bonchev–Trinajstić information content (AvgIpc) is 2.55. The summed E-state index contributed by atoms with van der Waals surface area (Å²) in [5, 5.41) is 9.88. The Balaban J connectivity index is 2.39. The van der Waals surface area contributed by atoms with Crippen molar-refractivity contribution in [1.29, 1.82) is 0 Å². The summed E-state index contributed by atoms with van der Waals surface area (Å²) in [6.07, 6.45) is 8.16. The zero-order valence-electron chi connectivity index (χ0n) is 10.8. The van der Waals surface area contributed by atoms with Crippen LogP contribution in [0, 0.1) is 0 Å². The quantitative estimate of drug-likeness (QED) is 0.818. The number of hydrogen-bond acceptors (Lipinski definition) is 3. The summed E-state index contributed by atoms with van der Waals surface area (Å²) in [5.41, 5.74) is 3.62. The first-order chi connectivity index (χ1) is 8.24. The van der Waals surface area contributed by atoms with E-state index in [1.165, 1.54) is 30.5 Å². The zero-order chi connectivity index (χ0) is 12.3. The first-order valence-corrected chi connectivity index (χ1v) is 6.74. The summed E-state index contributed by atoms with van der Waals surface area (Å²) in [6.45, 7) is 3.97. The van der Waals surface area contributed by atoms with Gasteiger partial charge in [-0.2, -0.15) is 0 Å². The van der Waals surface area contributed by atoms with Gasteiger partial charge in [0.25, 0.3) is 0 Å². The van der Waals surface area contributed by atoms with Crippen molar-refractivity contribution in [3.8, 4) is 0 Å². The topological polar surface area (TPSA) is 46.0 Å². The molecular formula is C14H22N2O. The number of fused-ring (bicyclic) bond motifs is 1. The number of aliphatic hydroxyl groups is 1. The van der Waals surface area contributed by atoms with Gasteiger partial charge in [-0.15, -0.1) is 0 Å². The minimum absolute atomic E-state index is 0.157. The average molecular weight is 234 g/mol. The first-order valence-electron chi connectivity index (χ1n) is 6.74.